The Kier molecular flexibility index (Phi) is 4.37. The van der Waals surface area contributed by atoms with Crippen molar-refractivity contribution in [3.8, 4) is 0 Å². The summed E-state index contributed by atoms with van der Waals surface area (Å²) in [6.45, 7) is 3.17. The fourth-order valence-electron chi connectivity index (χ4n) is 3.42. The Morgan fingerprint density at radius 1 is 1.24 bits per heavy atom. The maximum atomic E-state index is 12.3. The summed E-state index contributed by atoms with van der Waals surface area (Å²) in [5, 5.41) is 0. The minimum atomic E-state index is 0.180. The first kappa shape index (κ1) is 14.3. The van der Waals surface area contributed by atoms with Gasteiger partial charge in [-0.25, -0.2) is 4.98 Å². The third-order valence-electron chi connectivity index (χ3n) is 4.54. The second-order valence-electron chi connectivity index (χ2n) is 6.14. The molecule has 0 spiro atoms. The van der Waals surface area contributed by atoms with E-state index in [4.69, 9.17) is 4.98 Å². The lowest BCUT2D eigenvalue weighted by Crippen LogP contribution is -2.18. The Morgan fingerprint density at radius 3 is 2.95 bits per heavy atom. The summed E-state index contributed by atoms with van der Waals surface area (Å²) >= 11 is 0. The predicted molar refractivity (Wildman–Crippen MR) is 85.3 cm³/mol. The van der Waals surface area contributed by atoms with Gasteiger partial charge >= 0.3 is 0 Å². The molecule has 0 bridgehead atoms. The molecule has 21 heavy (non-hydrogen) atoms. The highest BCUT2D eigenvalue weighted by Gasteiger charge is 2.23. The van der Waals surface area contributed by atoms with Crippen LogP contribution in [0.4, 0.5) is 0 Å². The molecule has 1 aliphatic rings. The van der Waals surface area contributed by atoms with Crippen molar-refractivity contribution < 1.29 is 4.79 Å². The van der Waals surface area contributed by atoms with Crippen LogP contribution >= 0.6 is 0 Å². The monoisotopic (exact) mass is 284 g/mol. The van der Waals surface area contributed by atoms with E-state index in [-0.39, 0.29) is 5.92 Å². The molecule has 0 saturated heterocycles. The van der Waals surface area contributed by atoms with Crippen LogP contribution in [0.5, 0.6) is 0 Å². The summed E-state index contributed by atoms with van der Waals surface area (Å²) in [5.74, 6) is 1.72. The Hall–Kier alpha value is -1.64. The van der Waals surface area contributed by atoms with E-state index in [1.54, 1.807) is 0 Å². The van der Waals surface area contributed by atoms with Gasteiger partial charge in [-0.1, -0.05) is 31.9 Å². The van der Waals surface area contributed by atoms with E-state index in [1.165, 1.54) is 18.4 Å². The summed E-state index contributed by atoms with van der Waals surface area (Å²) in [6, 6.07) is 8.30. The highest BCUT2D eigenvalue weighted by atomic mass is 16.1. The van der Waals surface area contributed by atoms with Crippen molar-refractivity contribution in [2.75, 3.05) is 0 Å². The SMILES string of the molecule is CCCn1c(CC2CCCCCC2=O)nc2ccccc21. The molecule has 0 amide bonds. The van der Waals surface area contributed by atoms with Gasteiger partial charge in [0.15, 0.2) is 0 Å². The molecule has 1 saturated carbocycles. The number of nitrogens with zero attached hydrogens (tertiary/aromatic N) is 2. The average molecular weight is 284 g/mol. The highest BCUT2D eigenvalue weighted by molar-refractivity contribution is 5.81. The molecule has 1 atom stereocenters. The summed E-state index contributed by atoms with van der Waals surface area (Å²) in [5.41, 5.74) is 2.26. The van der Waals surface area contributed by atoms with Gasteiger partial charge in [0.05, 0.1) is 11.0 Å². The van der Waals surface area contributed by atoms with Crippen LogP contribution in [0.15, 0.2) is 24.3 Å². The lowest BCUT2D eigenvalue weighted by Gasteiger charge is -2.14. The molecule has 2 aromatic rings. The number of fused-ring (bicyclic) bond motifs is 1. The first-order valence-corrected chi connectivity index (χ1v) is 8.26. The smallest absolute Gasteiger partial charge is 0.136 e. The fraction of sp³-hybridized carbons (Fsp3) is 0.556. The number of rotatable bonds is 4. The molecule has 1 aromatic carbocycles. The molecule has 0 N–H and O–H groups in total. The number of aryl methyl sites for hydroxylation is 1. The Bertz CT molecular complexity index is 629. The van der Waals surface area contributed by atoms with E-state index in [0.29, 0.717) is 5.78 Å². The predicted octanol–water partition coefficient (Wildman–Crippen LogP) is 4.14. The molecule has 1 aliphatic carbocycles. The average Bonchev–Trinajstić information content (AvgIpc) is 2.70. The molecular weight excluding hydrogens is 260 g/mol. The minimum Gasteiger partial charge on any atom is -0.328 e. The minimum absolute atomic E-state index is 0.180. The fourth-order valence-corrected chi connectivity index (χ4v) is 3.42. The van der Waals surface area contributed by atoms with E-state index in [0.717, 1.165) is 50.0 Å². The van der Waals surface area contributed by atoms with Crippen molar-refractivity contribution >= 4 is 16.8 Å². The molecule has 1 heterocycles. The van der Waals surface area contributed by atoms with Crippen molar-refractivity contribution in [2.24, 2.45) is 5.92 Å². The molecule has 0 aliphatic heterocycles. The van der Waals surface area contributed by atoms with Crippen LogP contribution in [0.3, 0.4) is 0 Å². The number of benzene rings is 1. The van der Waals surface area contributed by atoms with Crippen molar-refractivity contribution in [1.29, 1.82) is 0 Å². The van der Waals surface area contributed by atoms with E-state index in [9.17, 15) is 4.79 Å². The Labute approximate surface area is 126 Å². The molecule has 0 radical (unpaired) electrons. The van der Waals surface area contributed by atoms with Gasteiger partial charge in [-0.05, 0) is 31.4 Å². The first-order valence-electron chi connectivity index (χ1n) is 8.26. The van der Waals surface area contributed by atoms with Gasteiger partial charge in [0.25, 0.3) is 0 Å². The van der Waals surface area contributed by atoms with Gasteiger partial charge in [-0.2, -0.15) is 0 Å². The van der Waals surface area contributed by atoms with Crippen molar-refractivity contribution in [3.63, 3.8) is 0 Å². The zero-order valence-electron chi connectivity index (χ0n) is 12.8. The first-order chi connectivity index (χ1) is 10.3. The van der Waals surface area contributed by atoms with E-state index in [2.05, 4.69) is 29.7 Å². The topological polar surface area (TPSA) is 34.9 Å². The van der Waals surface area contributed by atoms with Gasteiger partial charge in [0.1, 0.15) is 11.6 Å². The number of hydrogen-bond acceptors (Lipinski definition) is 2. The number of aromatic nitrogens is 2. The normalized spacial score (nSPS) is 19.9. The lowest BCUT2D eigenvalue weighted by molar-refractivity contribution is -0.122. The van der Waals surface area contributed by atoms with Crippen LogP contribution in [-0.2, 0) is 17.8 Å². The Balaban J connectivity index is 1.91. The molecule has 3 nitrogen and oxygen atoms in total. The maximum Gasteiger partial charge on any atom is 0.136 e. The molecule has 1 aromatic heterocycles. The molecule has 112 valence electrons. The number of imidazole rings is 1. The third-order valence-corrected chi connectivity index (χ3v) is 4.54. The molecule has 1 unspecified atom stereocenters. The number of hydrogen-bond donors (Lipinski definition) is 0. The number of Topliss-reactive ketones (excluding diaryl/α,β-unsaturated/α-hetero) is 1. The quantitative estimate of drug-likeness (QED) is 0.791. The second kappa shape index (κ2) is 6.42. The van der Waals surface area contributed by atoms with Gasteiger partial charge < -0.3 is 4.57 Å². The number of carbonyl (C=O) groups is 1. The molecule has 3 rings (SSSR count). The van der Waals surface area contributed by atoms with Crippen molar-refractivity contribution in [1.82, 2.24) is 9.55 Å². The molecule has 3 heteroatoms. The summed E-state index contributed by atoms with van der Waals surface area (Å²) in [6.07, 6.45) is 7.16. The van der Waals surface area contributed by atoms with Crippen LogP contribution in [0.25, 0.3) is 11.0 Å². The van der Waals surface area contributed by atoms with Crippen molar-refractivity contribution in [2.45, 2.75) is 58.4 Å². The summed E-state index contributed by atoms with van der Waals surface area (Å²) in [7, 11) is 0. The van der Waals surface area contributed by atoms with Crippen molar-refractivity contribution in [3.05, 3.63) is 30.1 Å². The molecular formula is C18H24N2O. The lowest BCUT2D eigenvalue weighted by atomic mass is 9.95. The van der Waals surface area contributed by atoms with Gasteiger partial charge in [0, 0.05) is 25.3 Å². The zero-order valence-corrected chi connectivity index (χ0v) is 12.8. The standard InChI is InChI=1S/C18H24N2O/c1-2-12-20-16-10-7-6-9-15(16)19-18(20)13-14-8-4-3-5-11-17(14)21/h6-7,9-10,14H,2-5,8,11-13H2,1H3. The number of carbonyl (C=O) groups excluding carboxylic acids is 1. The highest BCUT2D eigenvalue weighted by Crippen LogP contribution is 2.25. The van der Waals surface area contributed by atoms with Gasteiger partial charge in [-0.3, -0.25) is 4.79 Å². The van der Waals surface area contributed by atoms with Crippen LogP contribution in [0.2, 0.25) is 0 Å². The Morgan fingerprint density at radius 2 is 2.10 bits per heavy atom. The summed E-state index contributed by atoms with van der Waals surface area (Å²) < 4.78 is 2.31. The number of ketones is 1. The molecule has 1 fully saturated rings. The van der Waals surface area contributed by atoms with Crippen LogP contribution in [0, 0.1) is 5.92 Å². The van der Waals surface area contributed by atoms with Gasteiger partial charge in [0.2, 0.25) is 0 Å². The summed E-state index contributed by atoms with van der Waals surface area (Å²) in [4.78, 5) is 17.1. The third kappa shape index (κ3) is 3.02. The zero-order chi connectivity index (χ0) is 14.7. The van der Waals surface area contributed by atoms with E-state index >= 15 is 0 Å². The maximum absolute atomic E-state index is 12.3. The van der Waals surface area contributed by atoms with E-state index in [1.807, 2.05) is 6.07 Å². The van der Waals surface area contributed by atoms with Crippen LogP contribution < -0.4 is 0 Å². The second-order valence-corrected chi connectivity index (χ2v) is 6.14. The van der Waals surface area contributed by atoms with Gasteiger partial charge in [-0.15, -0.1) is 0 Å². The van der Waals surface area contributed by atoms with Crippen LogP contribution in [0.1, 0.15) is 51.3 Å². The number of para-hydroxylation sites is 2. The largest absolute Gasteiger partial charge is 0.328 e. The van der Waals surface area contributed by atoms with E-state index < -0.39 is 0 Å². The van der Waals surface area contributed by atoms with Crippen LogP contribution in [-0.4, -0.2) is 15.3 Å².